The van der Waals surface area contributed by atoms with Gasteiger partial charge in [0.05, 0.1) is 6.61 Å². The van der Waals surface area contributed by atoms with Gasteiger partial charge in [0.1, 0.15) is 16.3 Å². The Morgan fingerprint density at radius 2 is 1.77 bits per heavy atom. The van der Waals surface area contributed by atoms with E-state index >= 15 is 0 Å². The van der Waals surface area contributed by atoms with Gasteiger partial charge >= 0.3 is 5.97 Å². The zero-order valence-electron chi connectivity index (χ0n) is 17.0. The zero-order chi connectivity index (χ0) is 21.7. The minimum Gasteiger partial charge on any atom is -0.483 e. The Morgan fingerprint density at radius 1 is 1.07 bits per heavy atom. The van der Waals surface area contributed by atoms with Crippen molar-refractivity contribution in [1.82, 2.24) is 0 Å². The quantitative estimate of drug-likeness (QED) is 0.463. The number of aryl methyl sites for hydroxylation is 2. The predicted molar refractivity (Wildman–Crippen MR) is 121 cm³/mol. The number of rotatable bonds is 7. The van der Waals surface area contributed by atoms with Crippen molar-refractivity contribution in [2.24, 2.45) is 0 Å². The Bertz CT molecular complexity index is 1060. The van der Waals surface area contributed by atoms with Crippen LogP contribution in [0.3, 0.4) is 0 Å². The van der Waals surface area contributed by atoms with Gasteiger partial charge in [0.2, 0.25) is 0 Å². The first-order chi connectivity index (χ1) is 14.4. The molecule has 30 heavy (non-hydrogen) atoms. The normalized spacial score (nSPS) is 10.5. The summed E-state index contributed by atoms with van der Waals surface area (Å²) in [7, 11) is 0. The van der Waals surface area contributed by atoms with Crippen molar-refractivity contribution in [2.45, 2.75) is 20.8 Å². The van der Waals surface area contributed by atoms with Crippen LogP contribution < -0.4 is 10.1 Å². The standard InChI is InChI=1S/C23H22ClNO4S/c1-4-28-23(27)21-20(16-9-11-17(24)12-10-16)15(3)30-22(21)25-19(26)13-29-18-8-6-5-7-14(18)2/h5-12H,4,13H2,1-3H3,(H,25,26). The summed E-state index contributed by atoms with van der Waals surface area (Å²) in [6.07, 6.45) is 0. The Labute approximate surface area is 184 Å². The molecule has 0 fully saturated rings. The zero-order valence-corrected chi connectivity index (χ0v) is 18.5. The third kappa shape index (κ3) is 5.01. The molecule has 3 aromatic rings. The molecule has 0 aliphatic carbocycles. The summed E-state index contributed by atoms with van der Waals surface area (Å²) in [5, 5.41) is 3.85. The van der Waals surface area contributed by atoms with Crippen LogP contribution in [0.2, 0.25) is 5.02 Å². The molecule has 156 valence electrons. The molecule has 5 nitrogen and oxygen atoms in total. The third-order valence-electron chi connectivity index (χ3n) is 4.40. The molecule has 2 aromatic carbocycles. The van der Waals surface area contributed by atoms with Crippen molar-refractivity contribution in [2.75, 3.05) is 18.5 Å². The lowest BCUT2D eigenvalue weighted by molar-refractivity contribution is -0.118. The summed E-state index contributed by atoms with van der Waals surface area (Å²) in [6.45, 7) is 5.62. The van der Waals surface area contributed by atoms with Gasteiger partial charge in [-0.1, -0.05) is 41.9 Å². The lowest BCUT2D eigenvalue weighted by Crippen LogP contribution is -2.21. The lowest BCUT2D eigenvalue weighted by atomic mass is 10.0. The Hall–Kier alpha value is -2.83. The highest BCUT2D eigenvalue weighted by atomic mass is 35.5. The maximum Gasteiger partial charge on any atom is 0.341 e. The second kappa shape index (κ2) is 9.78. The fraction of sp³-hybridized carbons (Fsp3) is 0.217. The molecule has 0 unspecified atom stereocenters. The average molecular weight is 444 g/mol. The van der Waals surface area contributed by atoms with E-state index < -0.39 is 5.97 Å². The van der Waals surface area contributed by atoms with E-state index in [0.717, 1.165) is 21.6 Å². The molecular weight excluding hydrogens is 422 g/mol. The number of hydrogen-bond acceptors (Lipinski definition) is 5. The van der Waals surface area contributed by atoms with E-state index in [0.29, 0.717) is 21.3 Å². The molecule has 0 saturated carbocycles. The van der Waals surface area contributed by atoms with E-state index in [1.807, 2.05) is 44.2 Å². The number of carbonyl (C=O) groups is 2. The molecule has 3 rings (SSSR count). The second-order valence-electron chi connectivity index (χ2n) is 6.57. The largest absolute Gasteiger partial charge is 0.483 e. The van der Waals surface area contributed by atoms with Gasteiger partial charge in [0.25, 0.3) is 5.91 Å². The van der Waals surface area contributed by atoms with Gasteiger partial charge in [-0.05, 0) is 50.1 Å². The van der Waals surface area contributed by atoms with Crippen molar-refractivity contribution >= 4 is 39.8 Å². The molecule has 0 radical (unpaired) electrons. The van der Waals surface area contributed by atoms with Crippen molar-refractivity contribution in [3.05, 3.63) is 69.6 Å². The molecule has 0 bridgehead atoms. The van der Waals surface area contributed by atoms with Crippen LogP contribution >= 0.6 is 22.9 Å². The first-order valence-corrected chi connectivity index (χ1v) is 10.6. The molecule has 1 amide bonds. The van der Waals surface area contributed by atoms with E-state index in [-0.39, 0.29) is 19.1 Å². The number of para-hydroxylation sites is 1. The topological polar surface area (TPSA) is 64.6 Å². The minimum absolute atomic E-state index is 0.166. The van der Waals surface area contributed by atoms with Gasteiger partial charge < -0.3 is 14.8 Å². The number of benzene rings is 2. The van der Waals surface area contributed by atoms with Gasteiger partial charge in [-0.3, -0.25) is 4.79 Å². The van der Waals surface area contributed by atoms with E-state index in [2.05, 4.69) is 5.32 Å². The van der Waals surface area contributed by atoms with Gasteiger partial charge in [-0.2, -0.15) is 0 Å². The van der Waals surface area contributed by atoms with Crippen LogP contribution in [0, 0.1) is 13.8 Å². The summed E-state index contributed by atoms with van der Waals surface area (Å²) < 4.78 is 10.9. The number of nitrogens with one attached hydrogen (secondary N) is 1. The van der Waals surface area contributed by atoms with Crippen LogP contribution in [0.15, 0.2) is 48.5 Å². The van der Waals surface area contributed by atoms with Crippen molar-refractivity contribution in [1.29, 1.82) is 0 Å². The number of esters is 1. The average Bonchev–Trinajstić information content (AvgIpc) is 3.04. The number of halogens is 1. The van der Waals surface area contributed by atoms with Gasteiger partial charge in [-0.25, -0.2) is 4.79 Å². The Balaban J connectivity index is 1.87. The van der Waals surface area contributed by atoms with Crippen LogP contribution in [0.4, 0.5) is 5.00 Å². The second-order valence-corrected chi connectivity index (χ2v) is 8.23. The van der Waals surface area contributed by atoms with Crippen LogP contribution in [0.5, 0.6) is 5.75 Å². The van der Waals surface area contributed by atoms with E-state index in [9.17, 15) is 9.59 Å². The highest BCUT2D eigenvalue weighted by molar-refractivity contribution is 7.17. The number of anilines is 1. The highest BCUT2D eigenvalue weighted by Crippen LogP contribution is 2.40. The van der Waals surface area contributed by atoms with Crippen LogP contribution in [0.25, 0.3) is 11.1 Å². The molecule has 1 aromatic heterocycles. The first-order valence-electron chi connectivity index (χ1n) is 9.45. The van der Waals surface area contributed by atoms with Crippen LogP contribution in [-0.4, -0.2) is 25.1 Å². The summed E-state index contributed by atoms with van der Waals surface area (Å²) in [6, 6.07) is 14.7. The molecule has 1 N–H and O–H groups in total. The van der Waals surface area contributed by atoms with Crippen molar-refractivity contribution in [3.63, 3.8) is 0 Å². The molecular formula is C23H22ClNO4S. The fourth-order valence-corrected chi connectivity index (χ4v) is 4.23. The fourth-order valence-electron chi connectivity index (χ4n) is 3.02. The van der Waals surface area contributed by atoms with E-state index in [4.69, 9.17) is 21.1 Å². The van der Waals surface area contributed by atoms with Crippen LogP contribution in [0.1, 0.15) is 27.7 Å². The van der Waals surface area contributed by atoms with Gasteiger partial charge in [0, 0.05) is 15.5 Å². The smallest absolute Gasteiger partial charge is 0.341 e. The van der Waals surface area contributed by atoms with E-state index in [1.54, 1.807) is 25.1 Å². The molecule has 0 aliphatic heterocycles. The maximum absolute atomic E-state index is 12.7. The predicted octanol–water partition coefficient (Wildman–Crippen LogP) is 5.88. The molecule has 0 aliphatic rings. The van der Waals surface area contributed by atoms with Crippen molar-refractivity contribution < 1.29 is 19.1 Å². The number of amides is 1. The summed E-state index contributed by atoms with van der Waals surface area (Å²) in [4.78, 5) is 26.1. The first kappa shape index (κ1) is 21.9. The SMILES string of the molecule is CCOC(=O)c1c(NC(=O)COc2ccccc2C)sc(C)c1-c1ccc(Cl)cc1. The van der Waals surface area contributed by atoms with Gasteiger partial charge in [0.15, 0.2) is 6.61 Å². The number of hydrogen-bond donors (Lipinski definition) is 1. The lowest BCUT2D eigenvalue weighted by Gasteiger charge is -2.11. The monoisotopic (exact) mass is 443 g/mol. The summed E-state index contributed by atoms with van der Waals surface area (Å²) in [5.74, 6) is -0.197. The summed E-state index contributed by atoms with van der Waals surface area (Å²) in [5.41, 5.74) is 2.83. The van der Waals surface area contributed by atoms with Crippen molar-refractivity contribution in [3.8, 4) is 16.9 Å². The maximum atomic E-state index is 12.7. The molecule has 0 saturated heterocycles. The highest BCUT2D eigenvalue weighted by Gasteiger charge is 2.25. The minimum atomic E-state index is -0.484. The number of thiophene rings is 1. The molecule has 0 spiro atoms. The Morgan fingerprint density at radius 3 is 2.43 bits per heavy atom. The van der Waals surface area contributed by atoms with Gasteiger partial charge in [-0.15, -0.1) is 11.3 Å². The molecule has 7 heteroatoms. The number of ether oxygens (including phenoxy) is 2. The molecule has 0 atom stereocenters. The third-order valence-corrected chi connectivity index (χ3v) is 5.67. The number of carbonyl (C=O) groups excluding carboxylic acids is 2. The molecule has 1 heterocycles. The van der Waals surface area contributed by atoms with E-state index in [1.165, 1.54) is 11.3 Å². The summed E-state index contributed by atoms with van der Waals surface area (Å²) >= 11 is 7.33. The Kier molecular flexibility index (Phi) is 7.13. The van der Waals surface area contributed by atoms with Crippen LogP contribution in [-0.2, 0) is 9.53 Å².